The minimum absolute atomic E-state index is 0.0145. The largest absolute Gasteiger partial charge is 0.394 e. The number of carbonyl (C=O) groups is 11. The predicted molar refractivity (Wildman–Crippen MR) is 233 cm³/mol. The van der Waals surface area contributed by atoms with Gasteiger partial charge in [-0.3, -0.25) is 52.7 Å². The third-order valence-corrected chi connectivity index (χ3v) is 10.5. The van der Waals surface area contributed by atoms with Crippen molar-refractivity contribution in [3.63, 3.8) is 0 Å². The first-order chi connectivity index (χ1) is 29.6. The van der Waals surface area contributed by atoms with Crippen molar-refractivity contribution in [1.29, 1.82) is 0 Å². The van der Waals surface area contributed by atoms with E-state index in [4.69, 9.17) is 11.5 Å². The molecule has 0 aliphatic carbocycles. The number of thiol groups is 2. The number of nitrogens with two attached hydrogens (primary N) is 2. The van der Waals surface area contributed by atoms with Gasteiger partial charge in [0.2, 0.25) is 65.0 Å². The first-order valence-corrected chi connectivity index (χ1v) is 21.7. The number of amides is 11. The van der Waals surface area contributed by atoms with Crippen LogP contribution in [0, 0.1) is 11.8 Å². The van der Waals surface area contributed by atoms with E-state index in [2.05, 4.69) is 78.4 Å². The minimum atomic E-state index is -1.73. The summed E-state index contributed by atoms with van der Waals surface area (Å²) in [6, 6.07) is -11.2. The van der Waals surface area contributed by atoms with E-state index in [1.165, 1.54) is 6.92 Å². The van der Waals surface area contributed by atoms with E-state index in [0.29, 0.717) is 19.3 Å². The molecule has 1 saturated heterocycles. The maximum Gasteiger partial charge on any atom is 0.245 e. The van der Waals surface area contributed by atoms with Gasteiger partial charge < -0.3 is 69.7 Å². The fourth-order valence-electron chi connectivity index (χ4n) is 5.77. The van der Waals surface area contributed by atoms with Gasteiger partial charge in [0, 0.05) is 11.5 Å². The third-order valence-electron chi connectivity index (χ3n) is 9.74. The van der Waals surface area contributed by atoms with Crippen LogP contribution in [-0.2, 0) is 52.7 Å². The Labute approximate surface area is 376 Å². The molecule has 0 saturated carbocycles. The highest BCUT2D eigenvalue weighted by Crippen LogP contribution is 2.10. The van der Waals surface area contributed by atoms with Crippen LogP contribution in [0.3, 0.4) is 0 Å². The fraction of sp³-hybridized carbons (Fsp3) is 0.703. The molecule has 0 aromatic carbocycles. The second-order valence-corrected chi connectivity index (χ2v) is 15.9. The van der Waals surface area contributed by atoms with Gasteiger partial charge in [-0.05, 0) is 44.6 Å². The first-order valence-electron chi connectivity index (χ1n) is 20.4. The third kappa shape index (κ3) is 19.4. The maximum absolute atomic E-state index is 13.6. The molecule has 0 bridgehead atoms. The van der Waals surface area contributed by atoms with Crippen molar-refractivity contribution in [2.75, 3.05) is 37.7 Å². The van der Waals surface area contributed by atoms with E-state index in [9.17, 15) is 57.8 Å². The average molecular weight is 933 g/mol. The van der Waals surface area contributed by atoms with E-state index < -0.39 is 151 Å². The zero-order chi connectivity index (χ0) is 48.0. The molecule has 15 N–H and O–H groups in total. The van der Waals surface area contributed by atoms with Crippen LogP contribution in [-0.4, -0.2) is 156 Å². The second-order valence-electron chi connectivity index (χ2n) is 15.2. The highest BCUT2D eigenvalue weighted by molar-refractivity contribution is 7.80. The van der Waals surface area contributed by atoms with E-state index >= 15 is 0 Å². The number of rotatable bonds is 12. The molecule has 9 atom stereocenters. The lowest BCUT2D eigenvalue weighted by molar-refractivity contribution is -0.136. The number of carbonyl (C=O) groups excluding carboxylic acids is 11. The molecule has 63 heavy (non-hydrogen) atoms. The molecule has 1 aliphatic heterocycles. The van der Waals surface area contributed by atoms with Gasteiger partial charge in [-0.1, -0.05) is 34.1 Å². The van der Waals surface area contributed by atoms with E-state index in [1.54, 1.807) is 27.7 Å². The molecule has 0 aromatic rings. The van der Waals surface area contributed by atoms with E-state index in [-0.39, 0.29) is 24.5 Å². The van der Waals surface area contributed by atoms with Crippen molar-refractivity contribution < 1.29 is 57.8 Å². The van der Waals surface area contributed by atoms with Crippen LogP contribution in [0.4, 0.5) is 0 Å². The van der Waals surface area contributed by atoms with Crippen LogP contribution in [0.5, 0.6) is 0 Å². The SMILES string of the molecule is CC[C@H](C)[C@@H]1NC(=O)[C@H](C)NC(=O)CNC(=O)[C@H](CCCCN)NC(=O)[C@H](CC(N)=O)NC(=O)[C@H](CO)NC(=O)CNC(=O)[C@H](C(C)C)NC(=O)[C@H](CS)NC(=O)[C@H](CS)NC1=O. The van der Waals surface area contributed by atoms with Gasteiger partial charge in [0.25, 0.3) is 0 Å². The molecule has 1 aliphatic rings. The summed E-state index contributed by atoms with van der Waals surface area (Å²) in [7, 11) is 0. The quantitative estimate of drug-likeness (QED) is 0.0641. The van der Waals surface area contributed by atoms with Crippen LogP contribution >= 0.6 is 25.3 Å². The molecule has 26 heteroatoms. The van der Waals surface area contributed by atoms with Crippen LogP contribution in [0.2, 0.25) is 0 Å². The van der Waals surface area contributed by atoms with Gasteiger partial charge in [-0.2, -0.15) is 25.3 Å². The Kier molecular flexibility index (Phi) is 25.2. The summed E-state index contributed by atoms with van der Waals surface area (Å²) in [5.41, 5.74) is 10.9. The topological polar surface area (TPSA) is 380 Å². The monoisotopic (exact) mass is 932 g/mol. The lowest BCUT2D eigenvalue weighted by Gasteiger charge is -2.28. The van der Waals surface area contributed by atoms with Crippen molar-refractivity contribution >= 4 is 90.2 Å². The van der Waals surface area contributed by atoms with Crippen molar-refractivity contribution in [3.8, 4) is 0 Å². The molecule has 0 radical (unpaired) electrons. The standard InChI is InChI=1S/C37H64N12O12S2/c1-6-18(4)29-37(61)47-23(15-62)34(58)46-24(16-63)35(59)48-28(17(2)3)36(60)41-13-27(53)43-22(14-50)33(57)45-21(11-25(39)51)32(56)44-20(9-7-8-10-38)31(55)40-12-26(52)42-19(5)30(54)49-29/h17-24,28-29,50,62-63H,6-16,38H2,1-5H3,(H2,39,51)(H,40,55)(H,41,60)(H,42,52)(H,43,53)(H,44,56)(H,45,57)(H,46,58)(H,47,61)(H,48,59)(H,49,54)/t18-,19-,20-,21-,22-,23-,24-,28-,29-/m0/s1. The molecule has 24 nitrogen and oxygen atoms in total. The van der Waals surface area contributed by atoms with Gasteiger partial charge in [0.1, 0.15) is 48.3 Å². The highest BCUT2D eigenvalue weighted by atomic mass is 32.1. The van der Waals surface area contributed by atoms with Crippen LogP contribution in [0.25, 0.3) is 0 Å². The molecule has 1 heterocycles. The Morgan fingerprint density at radius 1 is 0.619 bits per heavy atom. The van der Waals surface area contributed by atoms with Crippen molar-refractivity contribution in [2.24, 2.45) is 23.3 Å². The second kappa shape index (κ2) is 28.5. The molecule has 0 spiro atoms. The van der Waals surface area contributed by atoms with Gasteiger partial charge in [0.05, 0.1) is 26.1 Å². The van der Waals surface area contributed by atoms with Crippen LogP contribution in [0.15, 0.2) is 0 Å². The van der Waals surface area contributed by atoms with Gasteiger partial charge in [-0.25, -0.2) is 0 Å². The Bertz CT molecular complexity index is 1660. The predicted octanol–water partition coefficient (Wildman–Crippen LogP) is -6.31. The summed E-state index contributed by atoms with van der Waals surface area (Å²) < 4.78 is 0. The van der Waals surface area contributed by atoms with Crippen LogP contribution in [0.1, 0.15) is 66.7 Å². The number of aliphatic hydroxyl groups is 1. The average Bonchev–Trinajstić information content (AvgIpc) is 3.23. The number of primary amides is 1. The molecule has 0 aromatic heterocycles. The Morgan fingerprint density at radius 2 is 1.10 bits per heavy atom. The Balaban J connectivity index is 3.59. The molecule has 356 valence electrons. The smallest absolute Gasteiger partial charge is 0.245 e. The Hall–Kier alpha value is -5.21. The summed E-state index contributed by atoms with van der Waals surface area (Å²) in [5.74, 6) is -11.7. The Morgan fingerprint density at radius 3 is 1.62 bits per heavy atom. The van der Waals surface area contributed by atoms with Gasteiger partial charge >= 0.3 is 0 Å². The molecule has 1 fully saturated rings. The van der Waals surface area contributed by atoms with Gasteiger partial charge in [-0.15, -0.1) is 0 Å². The lowest BCUT2D eigenvalue weighted by atomic mass is 9.97. The maximum atomic E-state index is 13.6. The zero-order valence-electron chi connectivity index (χ0n) is 36.0. The zero-order valence-corrected chi connectivity index (χ0v) is 37.8. The van der Waals surface area contributed by atoms with Crippen molar-refractivity contribution in [1.82, 2.24) is 53.2 Å². The summed E-state index contributed by atoms with van der Waals surface area (Å²) in [5, 5.41) is 33.9. The minimum Gasteiger partial charge on any atom is -0.394 e. The molecule has 11 amide bonds. The number of unbranched alkanes of at least 4 members (excludes halogenated alkanes) is 1. The summed E-state index contributed by atoms with van der Waals surface area (Å²) in [6.45, 7) is 5.67. The number of hydrogen-bond acceptors (Lipinski definition) is 15. The van der Waals surface area contributed by atoms with E-state index in [0.717, 1.165) is 0 Å². The van der Waals surface area contributed by atoms with Crippen molar-refractivity contribution in [2.45, 2.75) is 115 Å². The molecule has 1 rings (SSSR count). The van der Waals surface area contributed by atoms with Crippen molar-refractivity contribution in [3.05, 3.63) is 0 Å². The summed E-state index contributed by atoms with van der Waals surface area (Å²) in [4.78, 5) is 144. The molecular weight excluding hydrogens is 869 g/mol. The lowest BCUT2D eigenvalue weighted by Crippen LogP contribution is -2.61. The van der Waals surface area contributed by atoms with E-state index in [1.807, 2.05) is 0 Å². The number of nitrogens with one attached hydrogen (secondary N) is 10. The summed E-state index contributed by atoms with van der Waals surface area (Å²) >= 11 is 8.34. The number of aliphatic hydroxyl groups excluding tert-OH is 1. The van der Waals surface area contributed by atoms with Gasteiger partial charge in [0.15, 0.2) is 0 Å². The normalized spacial score (nSPS) is 26.8. The molecule has 0 unspecified atom stereocenters. The summed E-state index contributed by atoms with van der Waals surface area (Å²) in [6.07, 6.45) is 0.328. The highest BCUT2D eigenvalue weighted by Gasteiger charge is 2.35. The van der Waals surface area contributed by atoms with Crippen LogP contribution < -0.4 is 64.6 Å². The number of hydrogen-bond donors (Lipinski definition) is 15. The fourth-order valence-corrected chi connectivity index (χ4v) is 6.29. The molecular formula is C37H64N12O12S2. The first kappa shape index (κ1) is 55.8.